The van der Waals surface area contributed by atoms with Crippen molar-refractivity contribution in [2.24, 2.45) is 0 Å². The molecular formula is C15H23NO2. The lowest BCUT2D eigenvalue weighted by atomic mass is 9.98. The van der Waals surface area contributed by atoms with Crippen molar-refractivity contribution in [2.75, 3.05) is 20.8 Å². The van der Waals surface area contributed by atoms with Crippen molar-refractivity contribution in [3.63, 3.8) is 0 Å². The van der Waals surface area contributed by atoms with Gasteiger partial charge in [-0.1, -0.05) is 25.1 Å². The third-order valence-corrected chi connectivity index (χ3v) is 2.85. The van der Waals surface area contributed by atoms with Crippen LogP contribution in [0.5, 0.6) is 11.5 Å². The van der Waals surface area contributed by atoms with Crippen molar-refractivity contribution in [1.82, 2.24) is 5.32 Å². The Balaban J connectivity index is 3.19. The van der Waals surface area contributed by atoms with E-state index < -0.39 is 0 Å². The number of hydrogen-bond donors (Lipinski definition) is 1. The minimum Gasteiger partial charge on any atom is -0.496 e. The summed E-state index contributed by atoms with van der Waals surface area (Å²) in [6.07, 6.45) is 1.07. The van der Waals surface area contributed by atoms with Gasteiger partial charge < -0.3 is 14.8 Å². The highest BCUT2D eigenvalue weighted by Crippen LogP contribution is 2.36. The van der Waals surface area contributed by atoms with E-state index in [4.69, 9.17) is 9.47 Å². The van der Waals surface area contributed by atoms with E-state index in [0.29, 0.717) is 0 Å². The summed E-state index contributed by atoms with van der Waals surface area (Å²) in [6.45, 7) is 9.15. The first-order chi connectivity index (χ1) is 8.65. The van der Waals surface area contributed by atoms with Crippen molar-refractivity contribution < 1.29 is 9.47 Å². The van der Waals surface area contributed by atoms with E-state index in [0.717, 1.165) is 35.6 Å². The highest BCUT2D eigenvalue weighted by Gasteiger charge is 2.20. The molecule has 0 amide bonds. The predicted molar refractivity (Wildman–Crippen MR) is 75.4 cm³/mol. The van der Waals surface area contributed by atoms with Gasteiger partial charge in [-0.05, 0) is 32.0 Å². The Bertz CT molecular complexity index is 379. The van der Waals surface area contributed by atoms with E-state index in [1.54, 1.807) is 14.2 Å². The van der Waals surface area contributed by atoms with Crippen LogP contribution in [0.1, 0.15) is 31.9 Å². The monoisotopic (exact) mass is 249 g/mol. The Hall–Kier alpha value is -1.48. The quantitative estimate of drug-likeness (QED) is 0.752. The summed E-state index contributed by atoms with van der Waals surface area (Å²) in [7, 11) is 3.35. The zero-order valence-electron chi connectivity index (χ0n) is 11.7. The summed E-state index contributed by atoms with van der Waals surface area (Å²) in [4.78, 5) is 0. The molecule has 1 N–H and O–H groups in total. The minimum atomic E-state index is 0.0519. The van der Waals surface area contributed by atoms with Gasteiger partial charge in [0.1, 0.15) is 11.5 Å². The molecule has 1 atom stereocenters. The molecule has 0 heterocycles. The van der Waals surface area contributed by atoms with Crippen LogP contribution in [0.2, 0.25) is 0 Å². The Morgan fingerprint density at radius 2 is 1.83 bits per heavy atom. The molecule has 3 heteroatoms. The average molecular weight is 249 g/mol. The zero-order valence-corrected chi connectivity index (χ0v) is 11.7. The molecular weight excluding hydrogens is 226 g/mol. The first-order valence-electron chi connectivity index (χ1n) is 6.25. The number of hydrogen-bond acceptors (Lipinski definition) is 3. The van der Waals surface area contributed by atoms with Crippen LogP contribution >= 0.6 is 0 Å². The van der Waals surface area contributed by atoms with Crippen LogP contribution in [0, 0.1) is 0 Å². The fourth-order valence-electron chi connectivity index (χ4n) is 1.98. The second-order valence-electron chi connectivity index (χ2n) is 4.31. The summed E-state index contributed by atoms with van der Waals surface area (Å²) in [5.74, 6) is 1.65. The topological polar surface area (TPSA) is 30.5 Å². The van der Waals surface area contributed by atoms with Gasteiger partial charge in [-0.15, -0.1) is 0 Å². The van der Waals surface area contributed by atoms with Crippen LogP contribution in [0.15, 0.2) is 30.4 Å². The summed E-state index contributed by atoms with van der Waals surface area (Å²) < 4.78 is 10.9. The van der Waals surface area contributed by atoms with E-state index in [2.05, 4.69) is 18.8 Å². The molecule has 1 aromatic rings. The van der Waals surface area contributed by atoms with E-state index in [1.165, 1.54) is 0 Å². The predicted octanol–water partition coefficient (Wildman–Crippen LogP) is 3.32. The Morgan fingerprint density at radius 3 is 2.22 bits per heavy atom. The summed E-state index contributed by atoms with van der Waals surface area (Å²) in [6, 6.07) is 5.87. The smallest absolute Gasteiger partial charge is 0.127 e. The molecule has 1 rings (SSSR count). The van der Waals surface area contributed by atoms with Crippen molar-refractivity contribution in [3.05, 3.63) is 35.9 Å². The maximum Gasteiger partial charge on any atom is 0.127 e. The normalized spacial score (nSPS) is 12.0. The Morgan fingerprint density at radius 1 is 1.28 bits per heavy atom. The highest BCUT2D eigenvalue weighted by molar-refractivity contribution is 5.49. The maximum atomic E-state index is 5.44. The molecule has 18 heavy (non-hydrogen) atoms. The van der Waals surface area contributed by atoms with Crippen LogP contribution < -0.4 is 14.8 Å². The molecule has 0 aromatic heterocycles. The van der Waals surface area contributed by atoms with E-state index in [1.807, 2.05) is 25.1 Å². The average Bonchev–Trinajstić information content (AvgIpc) is 2.38. The van der Waals surface area contributed by atoms with Crippen molar-refractivity contribution in [1.29, 1.82) is 0 Å². The second kappa shape index (κ2) is 7.07. The number of ether oxygens (including phenoxy) is 2. The molecule has 0 aliphatic heterocycles. The van der Waals surface area contributed by atoms with Gasteiger partial charge in [-0.25, -0.2) is 0 Å². The van der Waals surface area contributed by atoms with Crippen LogP contribution in [0.3, 0.4) is 0 Å². The van der Waals surface area contributed by atoms with Crippen molar-refractivity contribution in [3.8, 4) is 11.5 Å². The largest absolute Gasteiger partial charge is 0.496 e. The maximum absolute atomic E-state index is 5.44. The van der Waals surface area contributed by atoms with E-state index in [9.17, 15) is 0 Å². The summed E-state index contributed by atoms with van der Waals surface area (Å²) in [5, 5.41) is 3.48. The molecule has 0 spiro atoms. The number of nitrogens with one attached hydrogen (secondary N) is 1. The minimum absolute atomic E-state index is 0.0519. The van der Waals surface area contributed by atoms with Gasteiger partial charge in [0.25, 0.3) is 0 Å². The molecule has 0 saturated carbocycles. The van der Waals surface area contributed by atoms with Crippen molar-refractivity contribution in [2.45, 2.75) is 26.3 Å². The lowest BCUT2D eigenvalue weighted by Crippen LogP contribution is -2.23. The Labute approximate surface area is 110 Å². The van der Waals surface area contributed by atoms with Gasteiger partial charge in [0, 0.05) is 0 Å². The molecule has 0 bridgehead atoms. The summed E-state index contributed by atoms with van der Waals surface area (Å²) >= 11 is 0. The molecule has 1 unspecified atom stereocenters. The SMILES string of the molecule is C=C(C)C(NCCC)c1c(OC)cccc1OC. The number of benzene rings is 1. The molecule has 100 valence electrons. The molecule has 0 aliphatic carbocycles. The van der Waals surface area contributed by atoms with Gasteiger partial charge in [-0.3, -0.25) is 0 Å². The van der Waals surface area contributed by atoms with Gasteiger partial charge in [0.05, 0.1) is 25.8 Å². The van der Waals surface area contributed by atoms with Gasteiger partial charge >= 0.3 is 0 Å². The fraction of sp³-hybridized carbons (Fsp3) is 0.467. The number of methoxy groups -OCH3 is 2. The number of rotatable bonds is 7. The Kier molecular flexibility index (Phi) is 5.72. The molecule has 0 fully saturated rings. The van der Waals surface area contributed by atoms with Crippen LogP contribution in [0.4, 0.5) is 0 Å². The lowest BCUT2D eigenvalue weighted by molar-refractivity contribution is 0.376. The van der Waals surface area contributed by atoms with E-state index >= 15 is 0 Å². The van der Waals surface area contributed by atoms with Crippen LogP contribution in [-0.4, -0.2) is 20.8 Å². The standard InChI is InChI=1S/C15H23NO2/c1-6-10-16-15(11(2)3)14-12(17-4)8-7-9-13(14)18-5/h7-9,15-16H,2,6,10H2,1,3-5H3. The van der Waals surface area contributed by atoms with Crippen molar-refractivity contribution >= 4 is 0 Å². The molecule has 3 nitrogen and oxygen atoms in total. The molecule has 0 saturated heterocycles. The fourth-order valence-corrected chi connectivity index (χ4v) is 1.98. The van der Waals surface area contributed by atoms with Gasteiger partial charge in [-0.2, -0.15) is 0 Å². The third kappa shape index (κ3) is 3.26. The molecule has 1 aromatic carbocycles. The lowest BCUT2D eigenvalue weighted by Gasteiger charge is -2.23. The second-order valence-corrected chi connectivity index (χ2v) is 4.31. The first kappa shape index (κ1) is 14.6. The summed E-state index contributed by atoms with van der Waals surface area (Å²) in [5.41, 5.74) is 2.06. The molecule has 0 radical (unpaired) electrons. The molecule has 0 aliphatic rings. The van der Waals surface area contributed by atoms with Gasteiger partial charge in [0.15, 0.2) is 0 Å². The van der Waals surface area contributed by atoms with Crippen LogP contribution in [-0.2, 0) is 0 Å². The third-order valence-electron chi connectivity index (χ3n) is 2.85. The first-order valence-corrected chi connectivity index (χ1v) is 6.25. The van der Waals surface area contributed by atoms with Gasteiger partial charge in [0.2, 0.25) is 0 Å². The van der Waals surface area contributed by atoms with Crippen LogP contribution in [0.25, 0.3) is 0 Å². The van der Waals surface area contributed by atoms with E-state index in [-0.39, 0.29) is 6.04 Å². The zero-order chi connectivity index (χ0) is 13.5. The highest BCUT2D eigenvalue weighted by atomic mass is 16.5.